The van der Waals surface area contributed by atoms with Crippen LogP contribution in [0.25, 0.3) is 0 Å². The van der Waals surface area contributed by atoms with E-state index in [1.165, 1.54) is 49.3 Å². The lowest BCUT2D eigenvalue weighted by Crippen LogP contribution is -2.30. The lowest BCUT2D eigenvalue weighted by Gasteiger charge is -2.13. The highest BCUT2D eigenvalue weighted by atomic mass is 16.3. The highest BCUT2D eigenvalue weighted by Gasteiger charge is 2.24. The fraction of sp³-hybridized carbons (Fsp3) is 0.706. The van der Waals surface area contributed by atoms with E-state index < -0.39 is 6.10 Å². The van der Waals surface area contributed by atoms with E-state index in [9.17, 15) is 14.7 Å². The van der Waals surface area contributed by atoms with Crippen molar-refractivity contribution in [2.75, 3.05) is 13.1 Å². The van der Waals surface area contributed by atoms with Gasteiger partial charge in [0.25, 0.3) is 11.8 Å². The van der Waals surface area contributed by atoms with Crippen LogP contribution >= 0.6 is 0 Å². The highest BCUT2D eigenvalue weighted by Crippen LogP contribution is 2.24. The molecule has 1 aromatic heterocycles. The fourth-order valence-corrected chi connectivity index (χ4v) is 3.55. The molecule has 0 aromatic carbocycles. The highest BCUT2D eigenvalue weighted by molar-refractivity contribution is 5.98. The second-order valence-corrected chi connectivity index (χ2v) is 6.86. The second-order valence-electron chi connectivity index (χ2n) is 6.86. The zero-order valence-corrected chi connectivity index (χ0v) is 14.0. The number of nitrogens with zero attached hydrogens (tertiary/aromatic N) is 2. The van der Waals surface area contributed by atoms with Gasteiger partial charge in [-0.15, -0.1) is 0 Å². The van der Waals surface area contributed by atoms with Crippen molar-refractivity contribution in [1.82, 2.24) is 20.4 Å². The third-order valence-electron chi connectivity index (χ3n) is 4.94. The van der Waals surface area contributed by atoms with Gasteiger partial charge in [0.05, 0.1) is 12.6 Å². The maximum absolute atomic E-state index is 12.3. The zero-order chi connectivity index (χ0) is 16.9. The number of aliphatic hydroxyl groups excluding tert-OH is 1. The first kappa shape index (κ1) is 17.0. The minimum absolute atomic E-state index is 0.200. The van der Waals surface area contributed by atoms with E-state index in [1.807, 2.05) is 0 Å². The molecule has 7 nitrogen and oxygen atoms in total. The maximum atomic E-state index is 12.3. The molecule has 3 N–H and O–H groups in total. The summed E-state index contributed by atoms with van der Waals surface area (Å²) in [6.07, 6.45) is 8.07. The minimum atomic E-state index is -0.693. The Labute approximate surface area is 141 Å². The molecule has 1 atom stereocenters. The molecule has 1 fully saturated rings. The molecule has 7 heteroatoms. The Bertz CT molecular complexity index is 591. The van der Waals surface area contributed by atoms with Crippen molar-refractivity contribution >= 4 is 11.8 Å². The summed E-state index contributed by atoms with van der Waals surface area (Å²) in [6, 6.07) is 1.49. The van der Waals surface area contributed by atoms with Crippen LogP contribution < -0.4 is 10.6 Å². The molecule has 0 saturated heterocycles. The van der Waals surface area contributed by atoms with E-state index >= 15 is 0 Å². The zero-order valence-electron chi connectivity index (χ0n) is 14.0. The number of amides is 2. The minimum Gasteiger partial charge on any atom is -0.389 e. The molecule has 132 valence electrons. The summed E-state index contributed by atoms with van der Waals surface area (Å²) >= 11 is 0. The fourth-order valence-electron chi connectivity index (χ4n) is 3.55. The molecule has 24 heavy (non-hydrogen) atoms. The number of β-amino-alcohol motifs (C(OH)–C–C–N with tert-alkyl or cyclic N) is 1. The molecule has 0 radical (unpaired) electrons. The normalized spacial score (nSPS) is 22.2. The quantitative estimate of drug-likeness (QED) is 0.718. The molecule has 0 bridgehead atoms. The van der Waals surface area contributed by atoms with Gasteiger partial charge in [-0.05, 0) is 12.3 Å². The molecule has 1 aliphatic heterocycles. The maximum Gasteiger partial charge on any atom is 0.271 e. The SMILES string of the molecule is O=C(NCCC1CCCCCC1)c1cc2n(n1)C[C@@H](O)CNC2=O. The molecule has 2 heterocycles. The summed E-state index contributed by atoms with van der Waals surface area (Å²) < 4.78 is 1.41. The van der Waals surface area contributed by atoms with Gasteiger partial charge >= 0.3 is 0 Å². The molecule has 3 rings (SSSR count). The molecular formula is C17H26N4O3. The van der Waals surface area contributed by atoms with Crippen molar-refractivity contribution in [2.45, 2.75) is 57.6 Å². The van der Waals surface area contributed by atoms with E-state index in [-0.39, 0.29) is 30.6 Å². The first-order valence-corrected chi connectivity index (χ1v) is 8.96. The monoisotopic (exact) mass is 334 g/mol. The van der Waals surface area contributed by atoms with Crippen molar-refractivity contribution in [3.63, 3.8) is 0 Å². The summed E-state index contributed by atoms with van der Waals surface area (Å²) in [5, 5.41) is 19.4. The van der Waals surface area contributed by atoms with Crippen LogP contribution in [0.15, 0.2) is 6.07 Å². The summed E-state index contributed by atoms with van der Waals surface area (Å²) in [7, 11) is 0. The average molecular weight is 334 g/mol. The van der Waals surface area contributed by atoms with Crippen molar-refractivity contribution in [2.24, 2.45) is 5.92 Å². The van der Waals surface area contributed by atoms with Crippen molar-refractivity contribution in [3.8, 4) is 0 Å². The van der Waals surface area contributed by atoms with Gasteiger partial charge in [-0.3, -0.25) is 14.3 Å². The van der Waals surface area contributed by atoms with Crippen LogP contribution in [-0.4, -0.2) is 45.9 Å². The van der Waals surface area contributed by atoms with Crippen LogP contribution in [0.2, 0.25) is 0 Å². The smallest absolute Gasteiger partial charge is 0.271 e. The van der Waals surface area contributed by atoms with Crippen molar-refractivity contribution in [3.05, 3.63) is 17.5 Å². The number of carbonyl (C=O) groups excluding carboxylic acids is 2. The lowest BCUT2D eigenvalue weighted by molar-refractivity contribution is 0.0931. The van der Waals surface area contributed by atoms with Crippen LogP contribution in [0.3, 0.4) is 0 Å². The molecule has 1 aromatic rings. The third kappa shape index (κ3) is 4.14. The van der Waals surface area contributed by atoms with Crippen LogP contribution in [0.4, 0.5) is 0 Å². The van der Waals surface area contributed by atoms with Crippen LogP contribution in [0.5, 0.6) is 0 Å². The number of hydrogen-bond acceptors (Lipinski definition) is 4. The summed E-state index contributed by atoms with van der Waals surface area (Å²) in [5.74, 6) is 0.135. The van der Waals surface area contributed by atoms with Crippen LogP contribution in [-0.2, 0) is 6.54 Å². The average Bonchev–Trinajstić information content (AvgIpc) is 2.73. The number of fused-ring (bicyclic) bond motifs is 1. The van der Waals surface area contributed by atoms with Gasteiger partial charge in [-0.1, -0.05) is 38.5 Å². The van der Waals surface area contributed by atoms with E-state index in [2.05, 4.69) is 15.7 Å². The van der Waals surface area contributed by atoms with Crippen molar-refractivity contribution < 1.29 is 14.7 Å². The van der Waals surface area contributed by atoms with E-state index in [0.717, 1.165) is 6.42 Å². The number of carbonyl (C=O) groups is 2. The summed E-state index contributed by atoms with van der Waals surface area (Å²) in [4.78, 5) is 24.2. The van der Waals surface area contributed by atoms with Gasteiger partial charge < -0.3 is 15.7 Å². The third-order valence-corrected chi connectivity index (χ3v) is 4.94. The molecule has 1 aliphatic carbocycles. The summed E-state index contributed by atoms with van der Waals surface area (Å²) in [5.41, 5.74) is 0.551. The van der Waals surface area contributed by atoms with Gasteiger partial charge in [0.1, 0.15) is 5.69 Å². The Hall–Kier alpha value is -1.89. The summed E-state index contributed by atoms with van der Waals surface area (Å²) in [6.45, 7) is 1.05. The molecule has 0 unspecified atom stereocenters. The van der Waals surface area contributed by atoms with Crippen molar-refractivity contribution in [1.29, 1.82) is 0 Å². The Morgan fingerprint density at radius 3 is 2.83 bits per heavy atom. The van der Waals surface area contributed by atoms with E-state index in [4.69, 9.17) is 0 Å². The predicted molar refractivity (Wildman–Crippen MR) is 88.7 cm³/mol. The predicted octanol–water partition coefficient (Wildman–Crippen LogP) is 1.08. The van der Waals surface area contributed by atoms with Gasteiger partial charge in [-0.25, -0.2) is 0 Å². The molecule has 2 amide bonds. The first-order valence-electron chi connectivity index (χ1n) is 8.96. The Kier molecular flexibility index (Phi) is 5.50. The largest absolute Gasteiger partial charge is 0.389 e. The van der Waals surface area contributed by atoms with Gasteiger partial charge in [-0.2, -0.15) is 5.10 Å². The molecule has 0 spiro atoms. The van der Waals surface area contributed by atoms with Gasteiger partial charge in [0, 0.05) is 19.2 Å². The molecule has 2 aliphatic rings. The Morgan fingerprint density at radius 1 is 1.33 bits per heavy atom. The van der Waals surface area contributed by atoms with Gasteiger partial charge in [0.15, 0.2) is 5.69 Å². The number of aliphatic hydroxyl groups is 1. The van der Waals surface area contributed by atoms with Crippen LogP contribution in [0.1, 0.15) is 65.9 Å². The topological polar surface area (TPSA) is 96.2 Å². The Morgan fingerprint density at radius 2 is 2.08 bits per heavy atom. The second kappa shape index (κ2) is 7.79. The molecule has 1 saturated carbocycles. The van der Waals surface area contributed by atoms with Gasteiger partial charge in [0.2, 0.25) is 0 Å². The van der Waals surface area contributed by atoms with E-state index in [1.54, 1.807) is 0 Å². The number of nitrogens with one attached hydrogen (secondary N) is 2. The van der Waals surface area contributed by atoms with Crippen LogP contribution in [0, 0.1) is 5.92 Å². The number of rotatable bonds is 4. The number of hydrogen-bond donors (Lipinski definition) is 3. The number of aromatic nitrogens is 2. The Balaban J connectivity index is 1.54. The molecular weight excluding hydrogens is 308 g/mol. The van der Waals surface area contributed by atoms with E-state index in [0.29, 0.717) is 18.2 Å². The first-order chi connectivity index (χ1) is 11.6. The standard InChI is InChI=1S/C17H26N4O3/c22-13-10-19-17(24)15-9-14(20-21(15)11-13)16(23)18-8-7-12-5-3-1-2-4-6-12/h9,12-13,22H,1-8,10-11H2,(H,18,23)(H,19,24)/t13-/m0/s1. The lowest BCUT2D eigenvalue weighted by atomic mass is 9.97.